The Morgan fingerprint density at radius 3 is 2.44 bits per heavy atom. The zero-order valence-corrected chi connectivity index (χ0v) is 17.5. The third-order valence-electron chi connectivity index (χ3n) is 5.67. The first-order valence-electron chi connectivity index (χ1n) is 10.4. The molecule has 32 heavy (non-hydrogen) atoms. The normalized spacial score (nSPS) is 23.0. The molecule has 1 fully saturated rings. The van der Waals surface area contributed by atoms with Crippen LogP contribution in [0.3, 0.4) is 0 Å². The van der Waals surface area contributed by atoms with Gasteiger partial charge >= 0.3 is 0 Å². The van der Waals surface area contributed by atoms with Crippen LogP contribution >= 0.6 is 0 Å². The van der Waals surface area contributed by atoms with Gasteiger partial charge in [0.25, 0.3) is 0 Å². The van der Waals surface area contributed by atoms with Crippen molar-refractivity contribution in [3.8, 4) is 11.1 Å². The Kier molecular flexibility index (Phi) is 5.59. The molecule has 0 bridgehead atoms. The molecular formula is C24H24N4O4. The quantitative estimate of drug-likeness (QED) is 0.430. The van der Waals surface area contributed by atoms with Crippen LogP contribution in [0.4, 0.5) is 11.5 Å². The highest BCUT2D eigenvalue weighted by atomic mass is 16.6. The third kappa shape index (κ3) is 3.63. The van der Waals surface area contributed by atoms with Crippen molar-refractivity contribution in [1.82, 2.24) is 14.5 Å². The van der Waals surface area contributed by atoms with Crippen LogP contribution in [-0.2, 0) is 9.47 Å². The van der Waals surface area contributed by atoms with Crippen molar-refractivity contribution in [2.24, 2.45) is 0 Å². The van der Waals surface area contributed by atoms with Gasteiger partial charge in [-0.2, -0.15) is 0 Å². The van der Waals surface area contributed by atoms with Crippen LogP contribution in [0.1, 0.15) is 6.23 Å². The second-order valence-corrected chi connectivity index (χ2v) is 7.73. The summed E-state index contributed by atoms with van der Waals surface area (Å²) in [6, 6.07) is 19.7. The van der Waals surface area contributed by atoms with E-state index in [1.54, 1.807) is 4.57 Å². The number of hydrogen-bond acceptors (Lipinski definition) is 7. The maximum absolute atomic E-state index is 10.7. The number of ether oxygens (including phenoxy) is 2. The molecule has 1 aliphatic heterocycles. The zero-order chi connectivity index (χ0) is 22.1. The minimum Gasteiger partial charge on any atom is -0.387 e. The van der Waals surface area contributed by atoms with Gasteiger partial charge in [0.05, 0.1) is 12.0 Å². The van der Waals surface area contributed by atoms with Gasteiger partial charge in [0, 0.05) is 24.6 Å². The maximum Gasteiger partial charge on any atom is 0.164 e. The van der Waals surface area contributed by atoms with Gasteiger partial charge in [-0.05, 0) is 17.7 Å². The van der Waals surface area contributed by atoms with Crippen molar-refractivity contribution < 1.29 is 19.7 Å². The van der Waals surface area contributed by atoms with E-state index >= 15 is 0 Å². The Bertz CT molecular complexity index is 1200. The van der Waals surface area contributed by atoms with Crippen LogP contribution in [-0.4, -0.2) is 56.8 Å². The molecule has 5 rings (SSSR count). The first-order valence-corrected chi connectivity index (χ1v) is 10.4. The lowest BCUT2D eigenvalue weighted by Gasteiger charge is -2.17. The molecule has 3 heterocycles. The predicted molar refractivity (Wildman–Crippen MR) is 120 cm³/mol. The molecule has 0 saturated carbocycles. The second kappa shape index (κ2) is 8.68. The Morgan fingerprint density at radius 2 is 1.72 bits per heavy atom. The number of methoxy groups -OCH3 is 1. The number of nitrogens with zero attached hydrogens (tertiary/aromatic N) is 3. The highest BCUT2D eigenvalue weighted by Crippen LogP contribution is 2.39. The summed E-state index contributed by atoms with van der Waals surface area (Å²) in [6.07, 6.45) is -0.286. The minimum atomic E-state index is -1.13. The molecule has 164 valence electrons. The number of benzene rings is 2. The maximum atomic E-state index is 10.7. The van der Waals surface area contributed by atoms with Crippen LogP contribution in [0.5, 0.6) is 0 Å². The van der Waals surface area contributed by atoms with Crippen molar-refractivity contribution in [1.29, 1.82) is 0 Å². The van der Waals surface area contributed by atoms with Crippen LogP contribution in [0, 0.1) is 0 Å². The summed E-state index contributed by atoms with van der Waals surface area (Å²) in [4.78, 5) is 9.01. The fourth-order valence-electron chi connectivity index (χ4n) is 4.13. The standard InChI is InChI=1S/C24H24N4O4/c1-31-13-18-20(29)21(30)24(32-18)28-12-17(15-8-4-2-5-9-15)19-22(25-14-26-23(19)28)27-16-10-6-3-7-11-16/h2-12,14,18,20-21,24,29-30H,13H2,1H3,(H,25,26,27)/t18-,20+,21+,24-/m1/s1. The lowest BCUT2D eigenvalue weighted by Crippen LogP contribution is -2.33. The predicted octanol–water partition coefficient (Wildman–Crippen LogP) is 3.11. The second-order valence-electron chi connectivity index (χ2n) is 7.73. The summed E-state index contributed by atoms with van der Waals surface area (Å²) >= 11 is 0. The molecule has 3 N–H and O–H groups in total. The molecule has 0 unspecified atom stereocenters. The molecule has 1 saturated heterocycles. The first kappa shape index (κ1) is 20.6. The van der Waals surface area contributed by atoms with E-state index < -0.39 is 24.5 Å². The lowest BCUT2D eigenvalue weighted by atomic mass is 10.1. The molecule has 0 amide bonds. The van der Waals surface area contributed by atoms with Crippen LogP contribution in [0.2, 0.25) is 0 Å². The lowest BCUT2D eigenvalue weighted by molar-refractivity contribution is -0.0577. The number of aromatic nitrogens is 3. The van der Waals surface area contributed by atoms with Gasteiger partial charge in [0.1, 0.15) is 36.1 Å². The largest absolute Gasteiger partial charge is 0.387 e. The van der Waals surface area contributed by atoms with Gasteiger partial charge in [-0.3, -0.25) is 0 Å². The summed E-state index contributed by atoms with van der Waals surface area (Å²) in [5.74, 6) is 0.639. The number of nitrogens with one attached hydrogen (secondary N) is 1. The van der Waals surface area contributed by atoms with Crippen molar-refractivity contribution in [3.05, 3.63) is 73.2 Å². The van der Waals surface area contributed by atoms with Crippen molar-refractivity contribution in [3.63, 3.8) is 0 Å². The molecule has 2 aromatic heterocycles. The Morgan fingerprint density at radius 1 is 1.00 bits per heavy atom. The number of aliphatic hydroxyl groups excluding tert-OH is 2. The van der Waals surface area contributed by atoms with Crippen molar-refractivity contribution in [2.45, 2.75) is 24.5 Å². The van der Waals surface area contributed by atoms with E-state index in [1.807, 2.05) is 66.9 Å². The van der Waals surface area contributed by atoms with E-state index in [2.05, 4.69) is 15.3 Å². The van der Waals surface area contributed by atoms with Gasteiger partial charge in [-0.25, -0.2) is 9.97 Å². The van der Waals surface area contributed by atoms with Crippen LogP contribution in [0.15, 0.2) is 73.2 Å². The number of para-hydroxylation sites is 1. The summed E-state index contributed by atoms with van der Waals surface area (Å²) in [5.41, 5.74) is 3.35. The average molecular weight is 432 g/mol. The fraction of sp³-hybridized carbons (Fsp3) is 0.250. The van der Waals surface area contributed by atoms with Gasteiger partial charge in [-0.15, -0.1) is 0 Å². The Balaban J connectivity index is 1.66. The number of rotatable bonds is 6. The van der Waals surface area contributed by atoms with Crippen LogP contribution in [0.25, 0.3) is 22.2 Å². The highest BCUT2D eigenvalue weighted by Gasteiger charge is 2.44. The third-order valence-corrected chi connectivity index (χ3v) is 5.67. The van der Waals surface area contributed by atoms with Crippen molar-refractivity contribution in [2.75, 3.05) is 19.0 Å². The summed E-state index contributed by atoms with van der Waals surface area (Å²) < 4.78 is 12.9. The fourth-order valence-corrected chi connectivity index (χ4v) is 4.13. The van der Waals surface area contributed by atoms with Gasteiger partial charge in [0.2, 0.25) is 0 Å². The molecule has 0 aliphatic carbocycles. The molecule has 4 aromatic rings. The van der Waals surface area contributed by atoms with E-state index in [1.165, 1.54) is 13.4 Å². The molecule has 0 spiro atoms. The number of aliphatic hydroxyl groups is 2. The van der Waals surface area contributed by atoms with Gasteiger partial charge in [-0.1, -0.05) is 48.5 Å². The number of hydrogen-bond donors (Lipinski definition) is 3. The molecule has 2 aromatic carbocycles. The molecule has 8 heteroatoms. The summed E-state index contributed by atoms with van der Waals surface area (Å²) in [6.45, 7) is 0.176. The SMILES string of the molecule is COC[C@H]1O[C@@H](n2cc(-c3ccccc3)c3c(Nc4ccccc4)ncnc32)[C@@H](O)[C@H]1O. The average Bonchev–Trinajstić information content (AvgIpc) is 3.34. The van der Waals surface area contributed by atoms with Crippen molar-refractivity contribution >= 4 is 22.5 Å². The van der Waals surface area contributed by atoms with E-state index in [0.717, 1.165) is 22.2 Å². The van der Waals surface area contributed by atoms with Gasteiger partial charge in [0.15, 0.2) is 6.23 Å². The van der Waals surface area contributed by atoms with Gasteiger partial charge < -0.3 is 29.6 Å². The number of anilines is 2. The molecule has 0 radical (unpaired) electrons. The summed E-state index contributed by atoms with van der Waals surface area (Å²) in [5, 5.41) is 25.4. The van der Waals surface area contributed by atoms with E-state index in [9.17, 15) is 10.2 Å². The zero-order valence-electron chi connectivity index (χ0n) is 17.5. The summed E-state index contributed by atoms with van der Waals surface area (Å²) in [7, 11) is 1.53. The highest BCUT2D eigenvalue weighted by molar-refractivity contribution is 6.02. The monoisotopic (exact) mass is 432 g/mol. The molecule has 8 nitrogen and oxygen atoms in total. The smallest absolute Gasteiger partial charge is 0.164 e. The molecule has 4 atom stereocenters. The van der Waals surface area contributed by atoms with Crippen LogP contribution < -0.4 is 5.32 Å². The Hall–Kier alpha value is -3.30. The van der Waals surface area contributed by atoms with E-state index in [-0.39, 0.29) is 6.61 Å². The first-order chi connectivity index (χ1) is 15.7. The number of fused-ring (bicyclic) bond motifs is 1. The minimum absolute atomic E-state index is 0.176. The Labute approximate surface area is 185 Å². The molecule has 1 aliphatic rings. The van der Waals surface area contributed by atoms with E-state index in [0.29, 0.717) is 11.5 Å². The molecular weight excluding hydrogens is 408 g/mol. The topological polar surface area (TPSA) is 102 Å². The van der Waals surface area contributed by atoms with E-state index in [4.69, 9.17) is 9.47 Å².